The Balaban J connectivity index is 1.65. The van der Waals surface area contributed by atoms with Crippen molar-refractivity contribution < 1.29 is 33.3 Å². The average molecular weight is 398 g/mol. The van der Waals surface area contributed by atoms with Gasteiger partial charge >= 0.3 is 18.1 Å². The van der Waals surface area contributed by atoms with E-state index in [-0.39, 0.29) is 11.3 Å². The Bertz CT molecular complexity index is 813. The SMILES string of the molecule is C=CC(=O)OCCCCCOc1ccc(OC(=O)OC(=O)c2ccccc2)cc1. The van der Waals surface area contributed by atoms with Crippen molar-refractivity contribution >= 4 is 18.1 Å². The normalized spacial score (nSPS) is 9.93. The lowest BCUT2D eigenvalue weighted by Gasteiger charge is -2.08. The summed E-state index contributed by atoms with van der Waals surface area (Å²) in [5.41, 5.74) is 0.257. The molecule has 2 aromatic carbocycles. The van der Waals surface area contributed by atoms with E-state index in [1.165, 1.54) is 12.1 Å². The Morgan fingerprint density at radius 3 is 2.17 bits per heavy atom. The van der Waals surface area contributed by atoms with Gasteiger partial charge in [0, 0.05) is 6.08 Å². The molecule has 0 heterocycles. The molecular weight excluding hydrogens is 376 g/mol. The molecule has 0 aliphatic heterocycles. The summed E-state index contributed by atoms with van der Waals surface area (Å²) in [5.74, 6) is -0.358. The Hall–Kier alpha value is -3.61. The molecule has 152 valence electrons. The minimum atomic E-state index is -1.11. The summed E-state index contributed by atoms with van der Waals surface area (Å²) in [7, 11) is 0. The van der Waals surface area contributed by atoms with Crippen LogP contribution in [0.1, 0.15) is 29.6 Å². The lowest BCUT2D eigenvalue weighted by atomic mass is 10.2. The van der Waals surface area contributed by atoms with E-state index in [1.54, 1.807) is 42.5 Å². The number of rotatable bonds is 10. The number of unbranched alkanes of at least 4 members (excludes halogenated alkanes) is 2. The highest BCUT2D eigenvalue weighted by Crippen LogP contribution is 2.18. The van der Waals surface area contributed by atoms with Crippen LogP contribution in [-0.2, 0) is 14.3 Å². The summed E-state index contributed by atoms with van der Waals surface area (Å²) in [5, 5.41) is 0. The van der Waals surface area contributed by atoms with Crippen LogP contribution in [0.15, 0.2) is 67.3 Å². The number of hydrogen-bond acceptors (Lipinski definition) is 7. The number of benzene rings is 2. The summed E-state index contributed by atoms with van der Waals surface area (Å²) >= 11 is 0. The highest BCUT2D eigenvalue weighted by atomic mass is 16.7. The van der Waals surface area contributed by atoms with Crippen LogP contribution >= 0.6 is 0 Å². The molecular formula is C22H22O7. The number of esters is 2. The molecule has 0 unspecified atom stereocenters. The molecule has 0 fully saturated rings. The smallest absolute Gasteiger partial charge is 0.494 e. The van der Waals surface area contributed by atoms with Crippen LogP contribution in [0.3, 0.4) is 0 Å². The van der Waals surface area contributed by atoms with Gasteiger partial charge in [0.25, 0.3) is 0 Å². The van der Waals surface area contributed by atoms with E-state index in [9.17, 15) is 14.4 Å². The molecule has 0 N–H and O–H groups in total. The lowest BCUT2D eigenvalue weighted by Crippen LogP contribution is -2.16. The number of carbonyl (C=O) groups excluding carboxylic acids is 3. The maximum atomic E-state index is 11.8. The third kappa shape index (κ3) is 8.30. The van der Waals surface area contributed by atoms with Crippen molar-refractivity contribution in [2.24, 2.45) is 0 Å². The quantitative estimate of drug-likeness (QED) is 0.194. The predicted octanol–water partition coefficient (Wildman–Crippen LogP) is 4.32. The summed E-state index contributed by atoms with van der Waals surface area (Å²) in [6.07, 6.45) is 2.44. The summed E-state index contributed by atoms with van der Waals surface area (Å²) < 4.78 is 20.1. The third-order valence-corrected chi connectivity index (χ3v) is 3.68. The predicted molar refractivity (Wildman–Crippen MR) is 105 cm³/mol. The molecule has 0 atom stereocenters. The molecule has 29 heavy (non-hydrogen) atoms. The number of carbonyl (C=O) groups is 3. The first-order valence-electron chi connectivity index (χ1n) is 9.09. The van der Waals surface area contributed by atoms with E-state index in [4.69, 9.17) is 14.2 Å². The molecule has 0 bridgehead atoms. The van der Waals surface area contributed by atoms with Crippen molar-refractivity contribution in [1.29, 1.82) is 0 Å². The van der Waals surface area contributed by atoms with E-state index in [0.717, 1.165) is 25.3 Å². The Morgan fingerprint density at radius 1 is 0.828 bits per heavy atom. The highest BCUT2D eigenvalue weighted by molar-refractivity contribution is 5.95. The van der Waals surface area contributed by atoms with Crippen molar-refractivity contribution in [2.75, 3.05) is 13.2 Å². The van der Waals surface area contributed by atoms with Crippen molar-refractivity contribution in [3.63, 3.8) is 0 Å². The molecule has 0 spiro atoms. The first kappa shape index (κ1) is 21.7. The zero-order valence-electron chi connectivity index (χ0n) is 15.9. The fraction of sp³-hybridized carbons (Fsp3) is 0.227. The first-order chi connectivity index (χ1) is 14.1. The van der Waals surface area contributed by atoms with E-state index < -0.39 is 18.1 Å². The van der Waals surface area contributed by atoms with Gasteiger partial charge in [-0.25, -0.2) is 14.4 Å². The second-order valence-corrected chi connectivity index (χ2v) is 5.86. The van der Waals surface area contributed by atoms with Gasteiger partial charge in [-0.05, 0) is 55.7 Å². The largest absolute Gasteiger partial charge is 0.521 e. The van der Waals surface area contributed by atoms with Crippen LogP contribution in [0.4, 0.5) is 4.79 Å². The average Bonchev–Trinajstić information content (AvgIpc) is 2.74. The van der Waals surface area contributed by atoms with Crippen LogP contribution in [0.25, 0.3) is 0 Å². The van der Waals surface area contributed by atoms with Gasteiger partial charge in [-0.3, -0.25) is 0 Å². The summed E-state index contributed by atoms with van der Waals surface area (Å²) in [6, 6.07) is 14.5. The van der Waals surface area contributed by atoms with Crippen LogP contribution in [0, 0.1) is 0 Å². The minimum absolute atomic E-state index is 0.229. The van der Waals surface area contributed by atoms with Crippen molar-refractivity contribution in [2.45, 2.75) is 19.3 Å². The highest BCUT2D eigenvalue weighted by Gasteiger charge is 2.14. The Kier molecular flexibility index (Phi) is 8.95. The zero-order valence-corrected chi connectivity index (χ0v) is 15.9. The lowest BCUT2D eigenvalue weighted by molar-refractivity contribution is -0.137. The van der Waals surface area contributed by atoms with E-state index in [1.807, 2.05) is 0 Å². The third-order valence-electron chi connectivity index (χ3n) is 3.68. The maximum Gasteiger partial charge on any atom is 0.521 e. The standard InChI is InChI=1S/C22H22O7/c1-2-20(23)27-16-8-4-7-15-26-18-11-13-19(14-12-18)28-22(25)29-21(24)17-9-5-3-6-10-17/h2-3,5-6,9-14H,1,4,7-8,15-16H2. The molecule has 2 rings (SSSR count). The Labute approximate surface area is 168 Å². The van der Waals surface area contributed by atoms with Gasteiger partial charge in [0.2, 0.25) is 0 Å². The molecule has 2 aromatic rings. The van der Waals surface area contributed by atoms with Gasteiger partial charge in [-0.2, -0.15) is 0 Å². The van der Waals surface area contributed by atoms with Crippen LogP contribution < -0.4 is 9.47 Å². The van der Waals surface area contributed by atoms with Crippen LogP contribution in [0.5, 0.6) is 11.5 Å². The van der Waals surface area contributed by atoms with E-state index in [2.05, 4.69) is 11.3 Å². The molecule has 0 amide bonds. The minimum Gasteiger partial charge on any atom is -0.494 e. The van der Waals surface area contributed by atoms with Gasteiger partial charge in [-0.15, -0.1) is 0 Å². The topological polar surface area (TPSA) is 88.1 Å². The van der Waals surface area contributed by atoms with Gasteiger partial charge in [0.15, 0.2) is 0 Å². The van der Waals surface area contributed by atoms with Gasteiger partial charge in [0.1, 0.15) is 11.5 Å². The Morgan fingerprint density at radius 2 is 1.48 bits per heavy atom. The summed E-state index contributed by atoms with van der Waals surface area (Å²) in [4.78, 5) is 34.4. The van der Waals surface area contributed by atoms with E-state index >= 15 is 0 Å². The molecule has 0 radical (unpaired) electrons. The molecule has 7 nitrogen and oxygen atoms in total. The van der Waals surface area contributed by atoms with Crippen LogP contribution in [-0.4, -0.2) is 31.3 Å². The van der Waals surface area contributed by atoms with Crippen molar-refractivity contribution in [3.05, 3.63) is 72.8 Å². The van der Waals surface area contributed by atoms with Crippen LogP contribution in [0.2, 0.25) is 0 Å². The molecule has 7 heteroatoms. The summed E-state index contributed by atoms with van der Waals surface area (Å²) in [6.45, 7) is 4.19. The molecule has 0 saturated carbocycles. The maximum absolute atomic E-state index is 11.8. The van der Waals surface area contributed by atoms with Crippen molar-refractivity contribution in [1.82, 2.24) is 0 Å². The molecule has 0 aromatic heterocycles. The fourth-order valence-electron chi connectivity index (χ4n) is 2.23. The second kappa shape index (κ2) is 12.0. The van der Waals surface area contributed by atoms with Gasteiger partial charge in [-0.1, -0.05) is 24.8 Å². The van der Waals surface area contributed by atoms with Gasteiger partial charge in [0.05, 0.1) is 18.8 Å². The molecule has 0 aliphatic rings. The number of hydrogen-bond donors (Lipinski definition) is 0. The first-order valence-corrected chi connectivity index (χ1v) is 9.09. The van der Waals surface area contributed by atoms with Crippen molar-refractivity contribution in [3.8, 4) is 11.5 Å². The zero-order chi connectivity index (χ0) is 20.9. The molecule has 0 saturated heterocycles. The second-order valence-electron chi connectivity index (χ2n) is 5.86. The molecule has 0 aliphatic carbocycles. The fourth-order valence-corrected chi connectivity index (χ4v) is 2.23. The number of ether oxygens (including phenoxy) is 4. The van der Waals surface area contributed by atoms with Gasteiger partial charge < -0.3 is 18.9 Å². The monoisotopic (exact) mass is 398 g/mol. The van der Waals surface area contributed by atoms with E-state index in [0.29, 0.717) is 19.0 Å².